The second-order valence-electron chi connectivity index (χ2n) is 5.12. The van der Waals surface area contributed by atoms with Crippen LogP contribution in [0.5, 0.6) is 0 Å². The van der Waals surface area contributed by atoms with Gasteiger partial charge in [0, 0.05) is 18.1 Å². The molecule has 0 amide bonds. The third-order valence-electron chi connectivity index (χ3n) is 3.62. The van der Waals surface area contributed by atoms with Gasteiger partial charge in [-0.25, -0.2) is 17.9 Å². The molecule has 0 bridgehead atoms. The summed E-state index contributed by atoms with van der Waals surface area (Å²) in [6, 6.07) is 1.25. The highest BCUT2D eigenvalue weighted by Gasteiger charge is 2.32. The fourth-order valence-electron chi connectivity index (χ4n) is 2.44. The van der Waals surface area contributed by atoms with E-state index in [0.717, 1.165) is 23.6 Å². The number of hydrogen-bond donors (Lipinski definition) is 2. The predicted octanol–water partition coefficient (Wildman–Crippen LogP) is 2.63. The van der Waals surface area contributed by atoms with Gasteiger partial charge < -0.3 is 5.73 Å². The number of nitrogens with one attached hydrogen (secondary N) is 1. The molecule has 0 atom stereocenters. The molecular formula is C13H10F3N5. The van der Waals surface area contributed by atoms with Crippen molar-refractivity contribution in [3.05, 3.63) is 35.3 Å². The van der Waals surface area contributed by atoms with Crippen LogP contribution >= 0.6 is 0 Å². The van der Waals surface area contributed by atoms with E-state index in [2.05, 4.69) is 15.3 Å². The average molecular weight is 293 g/mol. The van der Waals surface area contributed by atoms with Gasteiger partial charge in [-0.15, -0.1) is 0 Å². The van der Waals surface area contributed by atoms with Crippen molar-refractivity contribution in [1.29, 1.82) is 0 Å². The van der Waals surface area contributed by atoms with Crippen LogP contribution in [0, 0.1) is 17.5 Å². The molecule has 1 aromatic carbocycles. The van der Waals surface area contributed by atoms with Gasteiger partial charge in [-0.3, -0.25) is 5.10 Å². The first-order chi connectivity index (χ1) is 10.1. The van der Waals surface area contributed by atoms with E-state index in [1.807, 2.05) is 0 Å². The molecule has 1 saturated carbocycles. The van der Waals surface area contributed by atoms with Crippen LogP contribution in [0.4, 0.5) is 19.0 Å². The third kappa shape index (κ3) is 1.71. The zero-order valence-electron chi connectivity index (χ0n) is 10.7. The molecule has 8 heteroatoms. The fraction of sp³-hybridized carbons (Fsp3) is 0.231. The quantitative estimate of drug-likeness (QED) is 0.713. The van der Waals surface area contributed by atoms with Crippen molar-refractivity contribution < 1.29 is 13.2 Å². The summed E-state index contributed by atoms with van der Waals surface area (Å²) in [5.41, 5.74) is 6.64. The minimum Gasteiger partial charge on any atom is -0.383 e. The van der Waals surface area contributed by atoms with E-state index in [0.29, 0.717) is 28.6 Å². The summed E-state index contributed by atoms with van der Waals surface area (Å²) >= 11 is 0. The van der Waals surface area contributed by atoms with Gasteiger partial charge in [-0.05, 0) is 12.8 Å². The summed E-state index contributed by atoms with van der Waals surface area (Å²) in [6.45, 7) is 0. The van der Waals surface area contributed by atoms with E-state index >= 15 is 0 Å². The number of aromatic nitrogens is 4. The molecule has 1 aliphatic rings. The van der Waals surface area contributed by atoms with Crippen LogP contribution in [0.1, 0.15) is 24.5 Å². The maximum Gasteiger partial charge on any atom is 0.186 e. The SMILES string of the molecule is Nc1[nH]nc2c1c(C1CC1)nn2-c1cc(F)c(F)cc1F. The minimum atomic E-state index is -1.25. The van der Waals surface area contributed by atoms with Crippen LogP contribution < -0.4 is 5.73 Å². The molecule has 3 N–H and O–H groups in total. The second kappa shape index (κ2) is 4.00. The Hall–Kier alpha value is -2.51. The summed E-state index contributed by atoms with van der Waals surface area (Å²) in [7, 11) is 0. The molecule has 1 fully saturated rings. The van der Waals surface area contributed by atoms with Crippen LogP contribution in [-0.2, 0) is 0 Å². The molecule has 0 spiro atoms. The highest BCUT2D eigenvalue weighted by molar-refractivity contribution is 5.90. The topological polar surface area (TPSA) is 72.5 Å². The summed E-state index contributed by atoms with van der Waals surface area (Å²) in [5.74, 6) is -2.72. The van der Waals surface area contributed by atoms with Gasteiger partial charge in [0.25, 0.3) is 0 Å². The fourth-order valence-corrected chi connectivity index (χ4v) is 2.44. The van der Waals surface area contributed by atoms with E-state index in [1.54, 1.807) is 0 Å². The zero-order valence-corrected chi connectivity index (χ0v) is 10.7. The van der Waals surface area contributed by atoms with Crippen LogP contribution in [0.15, 0.2) is 12.1 Å². The molecule has 1 aliphatic carbocycles. The minimum absolute atomic E-state index is 0.197. The number of aromatic amines is 1. The maximum atomic E-state index is 13.9. The van der Waals surface area contributed by atoms with Crippen molar-refractivity contribution in [2.24, 2.45) is 0 Å². The summed E-state index contributed by atoms with van der Waals surface area (Å²) in [4.78, 5) is 0. The second-order valence-corrected chi connectivity index (χ2v) is 5.12. The number of benzene rings is 1. The lowest BCUT2D eigenvalue weighted by Gasteiger charge is -2.04. The Bertz CT molecular complexity index is 862. The molecule has 4 rings (SSSR count). The summed E-state index contributed by atoms with van der Waals surface area (Å²) < 4.78 is 41.5. The van der Waals surface area contributed by atoms with Crippen molar-refractivity contribution in [1.82, 2.24) is 20.0 Å². The lowest BCUT2D eigenvalue weighted by molar-refractivity contribution is 0.491. The Morgan fingerprint density at radius 1 is 1.14 bits per heavy atom. The van der Waals surface area contributed by atoms with Gasteiger partial charge in [-0.2, -0.15) is 10.2 Å². The van der Waals surface area contributed by atoms with Gasteiger partial charge in [0.1, 0.15) is 11.5 Å². The van der Waals surface area contributed by atoms with Crippen LogP contribution in [0.3, 0.4) is 0 Å². The van der Waals surface area contributed by atoms with Gasteiger partial charge >= 0.3 is 0 Å². The molecule has 0 radical (unpaired) electrons. The number of fused-ring (bicyclic) bond motifs is 1. The van der Waals surface area contributed by atoms with Crippen LogP contribution in [0.25, 0.3) is 16.7 Å². The van der Waals surface area contributed by atoms with Gasteiger partial charge in [-0.1, -0.05) is 0 Å². The molecule has 2 heterocycles. The first kappa shape index (κ1) is 12.2. The molecule has 3 aromatic rings. The number of rotatable bonds is 2. The molecular weight excluding hydrogens is 283 g/mol. The lowest BCUT2D eigenvalue weighted by Crippen LogP contribution is -2.03. The Kier molecular flexibility index (Phi) is 2.33. The molecule has 21 heavy (non-hydrogen) atoms. The Morgan fingerprint density at radius 3 is 2.57 bits per heavy atom. The van der Waals surface area contributed by atoms with Gasteiger partial charge in [0.05, 0.1) is 11.1 Å². The number of nitrogens with zero attached hydrogens (tertiary/aromatic N) is 3. The lowest BCUT2D eigenvalue weighted by atomic mass is 10.2. The average Bonchev–Trinajstić information content (AvgIpc) is 3.11. The van der Waals surface area contributed by atoms with Crippen LogP contribution in [-0.4, -0.2) is 20.0 Å². The van der Waals surface area contributed by atoms with Crippen LogP contribution in [0.2, 0.25) is 0 Å². The third-order valence-corrected chi connectivity index (χ3v) is 3.62. The number of anilines is 1. The van der Waals surface area contributed by atoms with Crippen molar-refractivity contribution in [2.45, 2.75) is 18.8 Å². The molecule has 2 aromatic heterocycles. The Morgan fingerprint density at radius 2 is 1.86 bits per heavy atom. The summed E-state index contributed by atoms with van der Waals surface area (Å²) in [6.07, 6.45) is 1.94. The summed E-state index contributed by atoms with van der Waals surface area (Å²) in [5, 5.41) is 11.5. The molecule has 0 saturated heterocycles. The standard InChI is InChI=1S/C13H10F3N5/c14-6-3-8(16)9(4-7(6)15)21-13-10(12(17)18-19-13)11(20-21)5-1-2-5/h3-5H,1-2H2,(H3,17,18,19). The highest BCUT2D eigenvalue weighted by atomic mass is 19.2. The molecule has 0 unspecified atom stereocenters. The van der Waals surface area contributed by atoms with Crippen molar-refractivity contribution in [3.8, 4) is 5.69 Å². The smallest absolute Gasteiger partial charge is 0.186 e. The number of hydrogen-bond acceptors (Lipinski definition) is 3. The van der Waals surface area contributed by atoms with E-state index < -0.39 is 17.5 Å². The largest absolute Gasteiger partial charge is 0.383 e. The number of H-pyrrole nitrogens is 1. The number of halogens is 3. The van der Waals surface area contributed by atoms with E-state index in [9.17, 15) is 13.2 Å². The monoisotopic (exact) mass is 293 g/mol. The number of nitrogen functional groups attached to an aromatic ring is 1. The highest BCUT2D eigenvalue weighted by Crippen LogP contribution is 2.44. The normalized spacial score (nSPS) is 15.0. The first-order valence-electron chi connectivity index (χ1n) is 6.43. The van der Waals surface area contributed by atoms with Crippen molar-refractivity contribution >= 4 is 16.9 Å². The van der Waals surface area contributed by atoms with Gasteiger partial charge in [0.2, 0.25) is 0 Å². The zero-order chi connectivity index (χ0) is 14.7. The molecule has 5 nitrogen and oxygen atoms in total. The Balaban J connectivity index is 2.01. The van der Waals surface area contributed by atoms with Crippen molar-refractivity contribution in [3.63, 3.8) is 0 Å². The predicted molar refractivity (Wildman–Crippen MR) is 69.5 cm³/mol. The van der Waals surface area contributed by atoms with E-state index in [-0.39, 0.29) is 11.6 Å². The number of nitrogens with two attached hydrogens (primary N) is 1. The Labute approximate surface area is 116 Å². The maximum absolute atomic E-state index is 13.9. The molecule has 0 aliphatic heterocycles. The van der Waals surface area contributed by atoms with Crippen molar-refractivity contribution in [2.75, 3.05) is 5.73 Å². The first-order valence-corrected chi connectivity index (χ1v) is 6.43. The molecule has 108 valence electrons. The van der Waals surface area contributed by atoms with E-state index in [1.165, 1.54) is 0 Å². The van der Waals surface area contributed by atoms with Gasteiger partial charge in [0.15, 0.2) is 23.1 Å². The van der Waals surface area contributed by atoms with E-state index in [4.69, 9.17) is 5.73 Å².